The molecule has 8 heteroatoms. The van der Waals surface area contributed by atoms with Crippen LogP contribution in [0.5, 0.6) is 0 Å². The van der Waals surface area contributed by atoms with Gasteiger partial charge in [0.25, 0.3) is 0 Å². The molecule has 0 spiro atoms. The Bertz CT molecular complexity index is 983. The molecule has 0 heterocycles. The van der Waals surface area contributed by atoms with Crippen molar-refractivity contribution in [2.24, 2.45) is 0 Å². The quantitative estimate of drug-likeness (QED) is 0.363. The second kappa shape index (κ2) is 11.6. The van der Waals surface area contributed by atoms with Crippen LogP contribution in [0, 0.1) is 7.14 Å². The molecule has 0 fully saturated rings. The Kier molecular flexibility index (Phi) is 9.77. The second-order valence-corrected chi connectivity index (χ2v) is 15.0. The van der Waals surface area contributed by atoms with Crippen molar-refractivity contribution in [1.29, 1.82) is 0 Å². The molecule has 0 saturated heterocycles. The molecule has 0 aliphatic rings. The van der Waals surface area contributed by atoms with Crippen LogP contribution < -0.4 is 21.2 Å². The zero-order chi connectivity index (χ0) is 22.2. The Hall–Kier alpha value is -0.970. The molecule has 0 N–H and O–H groups in total. The Morgan fingerprint density at radius 2 is 1.30 bits per heavy atom. The van der Waals surface area contributed by atoms with Crippen LogP contribution in [0.2, 0.25) is 0 Å². The maximum absolute atomic E-state index is 13.1. The van der Waals surface area contributed by atoms with Gasteiger partial charge in [0.2, 0.25) is 0 Å². The summed E-state index contributed by atoms with van der Waals surface area (Å²) in [5.41, 5.74) is 0. The van der Waals surface area contributed by atoms with Crippen LogP contribution in [-0.4, -0.2) is 38.8 Å². The average molecular weight is 565 g/mol. The molecule has 30 heavy (non-hydrogen) atoms. The number of sulfone groups is 1. The van der Waals surface area contributed by atoms with Gasteiger partial charge < -0.3 is 0 Å². The van der Waals surface area contributed by atoms with E-state index in [-0.39, 0.29) is 4.90 Å². The normalized spacial score (nSPS) is 13.6. The number of hydrogen-bond acceptors (Lipinski definition) is 4. The van der Waals surface area contributed by atoms with E-state index in [2.05, 4.69) is 12.1 Å². The van der Waals surface area contributed by atoms with E-state index in [1.807, 2.05) is 32.0 Å². The summed E-state index contributed by atoms with van der Waals surface area (Å²) in [6, 6.07) is 16.8. The first kappa shape index (κ1) is 25.3. The summed E-state index contributed by atoms with van der Waals surface area (Å²) in [5, 5.41) is 0. The Morgan fingerprint density at radius 1 is 0.800 bits per heavy atom. The van der Waals surface area contributed by atoms with Gasteiger partial charge in [-0.2, -0.15) is 0 Å². The SMILES string of the molecule is CCCCN(CCCC)S(=O)(=O)C(C)S(=O)(=O)c1ccc([I-]c2ccccc2)cc1. The summed E-state index contributed by atoms with van der Waals surface area (Å²) in [4.78, 5) is 0.0605. The van der Waals surface area contributed by atoms with Crippen molar-refractivity contribution in [3.63, 3.8) is 0 Å². The Labute approximate surface area is 192 Å². The summed E-state index contributed by atoms with van der Waals surface area (Å²) < 4.78 is 54.6. The third-order valence-corrected chi connectivity index (χ3v) is 12.7. The van der Waals surface area contributed by atoms with Gasteiger partial charge in [0.1, 0.15) is 0 Å². The van der Waals surface area contributed by atoms with Crippen molar-refractivity contribution in [2.75, 3.05) is 13.1 Å². The molecule has 5 nitrogen and oxygen atoms in total. The predicted octanol–water partition coefficient (Wildman–Crippen LogP) is 1.17. The number of sulfonamides is 1. The molecule has 0 saturated carbocycles. The molecule has 0 aromatic heterocycles. The van der Waals surface area contributed by atoms with Crippen molar-refractivity contribution < 1.29 is 38.0 Å². The summed E-state index contributed by atoms with van der Waals surface area (Å²) in [6.45, 7) is 5.99. The van der Waals surface area contributed by atoms with E-state index in [9.17, 15) is 16.8 Å². The standard InChI is InChI=1S/C22H31INO4S2/c1-4-6-17-24(18-7-5-2)30(27,28)19(3)29(25,26)22-15-13-21(14-16-22)23-20-11-9-8-10-12-20/h8-16,19H,4-7,17-18H2,1-3H3/q-1. The topological polar surface area (TPSA) is 71.5 Å². The van der Waals surface area contributed by atoms with Crippen molar-refractivity contribution in [3.05, 3.63) is 61.7 Å². The molecular weight excluding hydrogens is 533 g/mol. The monoisotopic (exact) mass is 564 g/mol. The summed E-state index contributed by atoms with van der Waals surface area (Å²) in [7, 11) is -7.96. The number of hydrogen-bond donors (Lipinski definition) is 0. The molecule has 0 aliphatic carbocycles. The van der Waals surface area contributed by atoms with E-state index < -0.39 is 45.6 Å². The van der Waals surface area contributed by atoms with Gasteiger partial charge in [-0.3, -0.25) is 0 Å². The predicted molar refractivity (Wildman–Crippen MR) is 117 cm³/mol. The van der Waals surface area contributed by atoms with Crippen LogP contribution in [0.3, 0.4) is 0 Å². The molecular formula is C22H31INO4S2-. The van der Waals surface area contributed by atoms with Gasteiger partial charge in [-0.05, 0) is 0 Å². The van der Waals surface area contributed by atoms with Gasteiger partial charge in [0.05, 0.1) is 0 Å². The fourth-order valence-corrected chi connectivity index (χ4v) is 9.17. The van der Waals surface area contributed by atoms with E-state index in [0.717, 1.165) is 16.4 Å². The third-order valence-electron chi connectivity index (χ3n) is 4.83. The Morgan fingerprint density at radius 3 is 1.80 bits per heavy atom. The molecule has 2 rings (SSSR count). The van der Waals surface area contributed by atoms with Gasteiger partial charge in [-0.15, -0.1) is 0 Å². The van der Waals surface area contributed by atoms with E-state index in [1.54, 1.807) is 24.3 Å². The molecule has 168 valence electrons. The van der Waals surface area contributed by atoms with Crippen molar-refractivity contribution in [1.82, 2.24) is 4.31 Å². The van der Waals surface area contributed by atoms with Gasteiger partial charge >= 0.3 is 193 Å². The summed E-state index contributed by atoms with van der Waals surface area (Å²) >= 11 is -0.406. The number of rotatable bonds is 12. The number of benzene rings is 2. The number of halogens is 1. The molecule has 2 aromatic carbocycles. The minimum absolute atomic E-state index is 0.0605. The zero-order valence-electron chi connectivity index (χ0n) is 17.8. The van der Waals surface area contributed by atoms with Crippen LogP contribution in [0.25, 0.3) is 0 Å². The first-order valence-corrected chi connectivity index (χ1v) is 15.5. The van der Waals surface area contributed by atoms with Crippen LogP contribution in [-0.2, 0) is 19.9 Å². The summed E-state index contributed by atoms with van der Waals surface area (Å²) in [5.74, 6) is 0. The van der Waals surface area contributed by atoms with E-state index in [1.165, 1.54) is 14.8 Å². The molecule has 0 amide bonds. The van der Waals surface area contributed by atoms with Crippen molar-refractivity contribution >= 4 is 19.9 Å². The van der Waals surface area contributed by atoms with Crippen LogP contribution in [0.1, 0.15) is 46.5 Å². The second-order valence-electron chi connectivity index (χ2n) is 7.11. The van der Waals surface area contributed by atoms with E-state index >= 15 is 0 Å². The van der Waals surface area contributed by atoms with Gasteiger partial charge in [0, 0.05) is 0 Å². The zero-order valence-corrected chi connectivity index (χ0v) is 21.6. The Balaban J connectivity index is 2.23. The van der Waals surface area contributed by atoms with E-state index in [0.29, 0.717) is 25.9 Å². The molecule has 1 atom stereocenters. The number of unbranched alkanes of at least 4 members (excludes halogenated alkanes) is 2. The van der Waals surface area contributed by atoms with E-state index in [4.69, 9.17) is 0 Å². The third kappa shape index (κ3) is 6.51. The number of nitrogens with zero attached hydrogens (tertiary/aromatic N) is 1. The van der Waals surface area contributed by atoms with Gasteiger partial charge in [-0.1, -0.05) is 0 Å². The van der Waals surface area contributed by atoms with Crippen LogP contribution in [0.4, 0.5) is 0 Å². The molecule has 0 bridgehead atoms. The first-order valence-electron chi connectivity index (χ1n) is 10.3. The maximum atomic E-state index is 13.1. The molecule has 2 aromatic rings. The van der Waals surface area contributed by atoms with Crippen molar-refractivity contribution in [3.8, 4) is 0 Å². The molecule has 0 radical (unpaired) electrons. The van der Waals surface area contributed by atoms with Crippen molar-refractivity contribution in [2.45, 2.75) is 55.9 Å². The van der Waals surface area contributed by atoms with Crippen LogP contribution in [0.15, 0.2) is 59.5 Å². The first-order chi connectivity index (χ1) is 14.2. The van der Waals surface area contributed by atoms with Gasteiger partial charge in [0.15, 0.2) is 0 Å². The van der Waals surface area contributed by atoms with Gasteiger partial charge in [-0.25, -0.2) is 0 Å². The molecule has 1 unspecified atom stereocenters. The minimum atomic E-state index is -4.00. The fraction of sp³-hybridized carbons (Fsp3) is 0.455. The molecule has 0 aliphatic heterocycles. The average Bonchev–Trinajstić information content (AvgIpc) is 2.74. The van der Waals surface area contributed by atoms with Crippen LogP contribution >= 0.6 is 0 Å². The summed E-state index contributed by atoms with van der Waals surface area (Å²) in [6.07, 6.45) is 3.14. The fourth-order valence-electron chi connectivity index (χ4n) is 2.89.